The van der Waals surface area contributed by atoms with Gasteiger partial charge in [-0.2, -0.15) is 22.8 Å². The fraction of sp³-hybridized carbons (Fsp3) is 0.250. The molecule has 1 saturated carbocycles. The first-order valence-corrected chi connectivity index (χ1v) is 7.61. The molecule has 1 aliphatic rings. The fourth-order valence-electron chi connectivity index (χ4n) is 2.50. The average Bonchev–Trinajstić information content (AvgIpc) is 3.26. The molecule has 0 aliphatic heterocycles. The molecule has 9 heteroatoms. The van der Waals surface area contributed by atoms with Crippen LogP contribution in [0.4, 0.5) is 13.2 Å². The van der Waals surface area contributed by atoms with Crippen molar-refractivity contribution in [3.63, 3.8) is 0 Å². The molecule has 1 N–H and O–H groups in total. The number of fused-ring (bicyclic) bond motifs is 1. The molecular formula is C16H12F3N5O. The number of hydrogen-bond donors (Lipinski definition) is 1. The molecule has 0 saturated heterocycles. The Bertz CT molecular complexity index is 962. The predicted molar refractivity (Wildman–Crippen MR) is 81.7 cm³/mol. The van der Waals surface area contributed by atoms with Crippen molar-refractivity contribution in [3.05, 3.63) is 47.9 Å². The van der Waals surface area contributed by atoms with Gasteiger partial charge in [0.25, 0.3) is 5.91 Å². The molecule has 1 aromatic carbocycles. The number of aromatic nitrogens is 4. The summed E-state index contributed by atoms with van der Waals surface area (Å²) < 4.78 is 40.2. The van der Waals surface area contributed by atoms with E-state index in [0.29, 0.717) is 5.56 Å². The summed E-state index contributed by atoms with van der Waals surface area (Å²) in [6.07, 6.45) is -1.32. The Labute approximate surface area is 139 Å². The van der Waals surface area contributed by atoms with Crippen LogP contribution in [0.3, 0.4) is 0 Å². The molecule has 6 nitrogen and oxygen atoms in total. The lowest BCUT2D eigenvalue weighted by atomic mass is 10.0. The van der Waals surface area contributed by atoms with Gasteiger partial charge in [0.2, 0.25) is 0 Å². The average molecular weight is 347 g/mol. The number of carbonyl (C=O) groups excluding carboxylic acids is 1. The molecule has 1 amide bonds. The lowest BCUT2D eigenvalue weighted by Crippen LogP contribution is -2.27. The van der Waals surface area contributed by atoms with Crippen LogP contribution in [0.1, 0.15) is 28.9 Å². The van der Waals surface area contributed by atoms with E-state index < -0.39 is 11.7 Å². The van der Waals surface area contributed by atoms with Crippen LogP contribution in [0.15, 0.2) is 36.7 Å². The molecule has 25 heavy (non-hydrogen) atoms. The molecule has 0 spiro atoms. The maximum atomic E-state index is 13.0. The molecule has 0 radical (unpaired) electrons. The zero-order valence-corrected chi connectivity index (χ0v) is 12.8. The first kappa shape index (κ1) is 15.6. The highest BCUT2D eigenvalue weighted by molar-refractivity contribution is 5.95. The minimum atomic E-state index is -4.46. The minimum absolute atomic E-state index is 0.103. The van der Waals surface area contributed by atoms with Crippen LogP contribution in [0, 0.1) is 0 Å². The normalized spacial score (nSPS) is 14.7. The van der Waals surface area contributed by atoms with Crippen LogP contribution >= 0.6 is 0 Å². The van der Waals surface area contributed by atoms with Crippen LogP contribution in [0.5, 0.6) is 0 Å². The number of alkyl halides is 3. The Morgan fingerprint density at radius 3 is 2.76 bits per heavy atom. The summed E-state index contributed by atoms with van der Waals surface area (Å²) >= 11 is 0. The van der Waals surface area contributed by atoms with E-state index in [2.05, 4.69) is 20.6 Å². The number of amides is 1. The fourth-order valence-corrected chi connectivity index (χ4v) is 2.50. The van der Waals surface area contributed by atoms with Crippen molar-refractivity contribution in [1.29, 1.82) is 0 Å². The maximum absolute atomic E-state index is 13.0. The SMILES string of the molecule is O=C(NC1CC1)c1cc(-c2cccc(C(F)(F)F)c2)c2nncn2n1. The largest absolute Gasteiger partial charge is 0.416 e. The van der Waals surface area contributed by atoms with E-state index in [0.717, 1.165) is 25.0 Å². The lowest BCUT2D eigenvalue weighted by molar-refractivity contribution is -0.137. The summed E-state index contributed by atoms with van der Waals surface area (Å²) in [6, 6.07) is 6.44. The van der Waals surface area contributed by atoms with Gasteiger partial charge >= 0.3 is 6.18 Å². The maximum Gasteiger partial charge on any atom is 0.416 e. The van der Waals surface area contributed by atoms with E-state index in [-0.39, 0.29) is 28.9 Å². The van der Waals surface area contributed by atoms with Crippen molar-refractivity contribution >= 4 is 11.6 Å². The minimum Gasteiger partial charge on any atom is -0.348 e. The standard InChI is InChI=1S/C16H12F3N5O/c17-16(18,19)10-3-1-2-9(6-10)12-7-13(15(25)21-11-4-5-11)23-24-8-20-22-14(12)24/h1-3,6-8,11H,4-5H2,(H,21,25). The number of nitrogens with one attached hydrogen (secondary N) is 1. The van der Waals surface area contributed by atoms with Crippen molar-refractivity contribution in [3.8, 4) is 11.1 Å². The van der Waals surface area contributed by atoms with Gasteiger partial charge in [-0.25, -0.2) is 0 Å². The molecule has 0 bridgehead atoms. The van der Waals surface area contributed by atoms with Gasteiger partial charge in [-0.15, -0.1) is 10.2 Å². The van der Waals surface area contributed by atoms with Gasteiger partial charge in [0.05, 0.1) is 5.56 Å². The van der Waals surface area contributed by atoms with Gasteiger partial charge in [0.15, 0.2) is 5.65 Å². The summed E-state index contributed by atoms with van der Waals surface area (Å²) in [5.41, 5.74) is 0.257. The second-order valence-electron chi connectivity index (χ2n) is 5.87. The molecule has 1 aliphatic carbocycles. The van der Waals surface area contributed by atoms with Gasteiger partial charge < -0.3 is 5.32 Å². The molecule has 1 fully saturated rings. The van der Waals surface area contributed by atoms with Crippen LogP contribution in [0.25, 0.3) is 16.8 Å². The van der Waals surface area contributed by atoms with Gasteiger partial charge in [0.1, 0.15) is 12.0 Å². The number of benzene rings is 1. The highest BCUT2D eigenvalue weighted by Gasteiger charge is 2.31. The quantitative estimate of drug-likeness (QED) is 0.791. The summed E-state index contributed by atoms with van der Waals surface area (Å²) in [6.45, 7) is 0. The van der Waals surface area contributed by atoms with Gasteiger partial charge in [-0.1, -0.05) is 12.1 Å². The van der Waals surface area contributed by atoms with Gasteiger partial charge in [-0.05, 0) is 36.6 Å². The van der Waals surface area contributed by atoms with Crippen LogP contribution in [-0.4, -0.2) is 31.8 Å². The molecule has 2 aromatic heterocycles. The van der Waals surface area contributed by atoms with E-state index in [1.807, 2.05) is 0 Å². The molecule has 128 valence electrons. The van der Waals surface area contributed by atoms with Crippen molar-refractivity contribution in [2.45, 2.75) is 25.1 Å². The smallest absolute Gasteiger partial charge is 0.348 e. The van der Waals surface area contributed by atoms with Crippen molar-refractivity contribution in [1.82, 2.24) is 25.1 Å². The zero-order chi connectivity index (χ0) is 17.6. The van der Waals surface area contributed by atoms with E-state index in [1.54, 1.807) is 0 Å². The molecular weight excluding hydrogens is 335 g/mol. The van der Waals surface area contributed by atoms with Gasteiger partial charge in [0, 0.05) is 11.6 Å². The molecule has 3 aromatic rings. The topological polar surface area (TPSA) is 72.2 Å². The predicted octanol–water partition coefficient (Wildman–Crippen LogP) is 2.70. The van der Waals surface area contributed by atoms with E-state index in [9.17, 15) is 18.0 Å². The summed E-state index contributed by atoms with van der Waals surface area (Å²) in [5, 5.41) is 14.6. The first-order valence-electron chi connectivity index (χ1n) is 7.61. The summed E-state index contributed by atoms with van der Waals surface area (Å²) in [5.74, 6) is -0.369. The third kappa shape index (κ3) is 3.04. The van der Waals surface area contributed by atoms with E-state index >= 15 is 0 Å². The second-order valence-corrected chi connectivity index (χ2v) is 5.87. The molecule has 0 atom stereocenters. The lowest BCUT2D eigenvalue weighted by Gasteiger charge is -2.10. The number of halogens is 3. The number of rotatable bonds is 3. The summed E-state index contributed by atoms with van der Waals surface area (Å²) in [7, 11) is 0. The van der Waals surface area contributed by atoms with Crippen LogP contribution in [0.2, 0.25) is 0 Å². The third-order valence-corrected chi connectivity index (χ3v) is 3.91. The highest BCUT2D eigenvalue weighted by atomic mass is 19.4. The van der Waals surface area contributed by atoms with Gasteiger partial charge in [-0.3, -0.25) is 4.79 Å². The van der Waals surface area contributed by atoms with Crippen LogP contribution in [-0.2, 0) is 6.18 Å². The number of nitrogens with zero attached hydrogens (tertiary/aromatic N) is 4. The van der Waals surface area contributed by atoms with Crippen molar-refractivity contribution < 1.29 is 18.0 Å². The zero-order valence-electron chi connectivity index (χ0n) is 12.8. The third-order valence-electron chi connectivity index (χ3n) is 3.91. The van der Waals surface area contributed by atoms with Crippen molar-refractivity contribution in [2.24, 2.45) is 0 Å². The summed E-state index contributed by atoms with van der Waals surface area (Å²) in [4.78, 5) is 12.3. The molecule has 4 rings (SSSR count). The van der Waals surface area contributed by atoms with E-state index in [4.69, 9.17) is 0 Å². The number of carbonyl (C=O) groups is 1. The Morgan fingerprint density at radius 1 is 1.24 bits per heavy atom. The molecule has 2 heterocycles. The van der Waals surface area contributed by atoms with Crippen LogP contribution < -0.4 is 5.32 Å². The van der Waals surface area contributed by atoms with Crippen molar-refractivity contribution in [2.75, 3.05) is 0 Å². The number of hydrogen-bond acceptors (Lipinski definition) is 4. The second kappa shape index (κ2) is 5.54. The Balaban J connectivity index is 1.83. The Morgan fingerprint density at radius 2 is 2.04 bits per heavy atom. The molecule has 0 unspecified atom stereocenters. The highest BCUT2D eigenvalue weighted by Crippen LogP contribution is 2.33. The first-order chi connectivity index (χ1) is 11.9. The Kier molecular flexibility index (Phi) is 3.45. The monoisotopic (exact) mass is 347 g/mol. The van der Waals surface area contributed by atoms with E-state index in [1.165, 1.54) is 29.0 Å². The Hall–Kier alpha value is -2.97.